The van der Waals surface area contributed by atoms with Gasteiger partial charge in [0.1, 0.15) is 11.6 Å². The summed E-state index contributed by atoms with van der Waals surface area (Å²) in [6, 6.07) is 0. The standard InChI is InChI=1S/C12H20N4O/c1-15-6-4-9(5-7-15)12-14-13-11-3-2-10(17)8-16(11)12/h9-10,17H,2-8H2,1H3. The van der Waals surface area contributed by atoms with Gasteiger partial charge in [0.15, 0.2) is 0 Å². The average molecular weight is 236 g/mol. The molecule has 3 heterocycles. The highest BCUT2D eigenvalue weighted by Crippen LogP contribution is 2.28. The number of aliphatic hydroxyl groups is 1. The van der Waals surface area contributed by atoms with Crippen molar-refractivity contribution in [2.75, 3.05) is 20.1 Å². The summed E-state index contributed by atoms with van der Waals surface area (Å²) in [4.78, 5) is 2.36. The van der Waals surface area contributed by atoms with Gasteiger partial charge in [0, 0.05) is 12.3 Å². The van der Waals surface area contributed by atoms with E-state index in [-0.39, 0.29) is 6.10 Å². The molecule has 2 aliphatic heterocycles. The maximum atomic E-state index is 9.75. The molecule has 1 saturated heterocycles. The second-order valence-electron chi connectivity index (χ2n) is 5.36. The van der Waals surface area contributed by atoms with Crippen LogP contribution in [-0.2, 0) is 13.0 Å². The van der Waals surface area contributed by atoms with Crippen LogP contribution in [-0.4, -0.2) is 51.0 Å². The first-order valence-corrected chi connectivity index (χ1v) is 6.52. The minimum atomic E-state index is -0.219. The van der Waals surface area contributed by atoms with Crippen molar-refractivity contribution in [1.29, 1.82) is 0 Å². The molecule has 5 heteroatoms. The third-order valence-corrected chi connectivity index (χ3v) is 4.03. The number of hydrogen-bond donors (Lipinski definition) is 1. The lowest BCUT2D eigenvalue weighted by Crippen LogP contribution is -2.32. The largest absolute Gasteiger partial charge is 0.391 e. The molecule has 2 aliphatic rings. The molecule has 1 unspecified atom stereocenters. The van der Waals surface area contributed by atoms with Gasteiger partial charge >= 0.3 is 0 Å². The van der Waals surface area contributed by atoms with E-state index in [1.807, 2.05) is 0 Å². The SMILES string of the molecule is CN1CCC(c2nnc3n2CC(O)CC3)CC1. The minimum absolute atomic E-state index is 0.219. The van der Waals surface area contributed by atoms with Crippen LogP contribution in [0.4, 0.5) is 0 Å². The summed E-state index contributed by atoms with van der Waals surface area (Å²) in [7, 11) is 2.17. The Kier molecular flexibility index (Phi) is 2.88. The number of piperidine rings is 1. The molecule has 0 bridgehead atoms. The van der Waals surface area contributed by atoms with Crippen molar-refractivity contribution < 1.29 is 5.11 Å². The van der Waals surface area contributed by atoms with E-state index in [2.05, 4.69) is 26.7 Å². The second-order valence-corrected chi connectivity index (χ2v) is 5.36. The Morgan fingerprint density at radius 3 is 2.71 bits per heavy atom. The number of fused-ring (bicyclic) bond motifs is 1. The van der Waals surface area contributed by atoms with Gasteiger partial charge in [0.2, 0.25) is 0 Å². The minimum Gasteiger partial charge on any atom is -0.391 e. The molecule has 94 valence electrons. The third kappa shape index (κ3) is 2.09. The van der Waals surface area contributed by atoms with Crippen LogP contribution in [0.25, 0.3) is 0 Å². The highest BCUT2D eigenvalue weighted by molar-refractivity contribution is 5.06. The maximum absolute atomic E-state index is 9.75. The van der Waals surface area contributed by atoms with Gasteiger partial charge in [0.05, 0.1) is 12.6 Å². The van der Waals surface area contributed by atoms with Gasteiger partial charge in [-0.2, -0.15) is 0 Å². The van der Waals surface area contributed by atoms with Crippen LogP contribution in [0, 0.1) is 0 Å². The second kappa shape index (κ2) is 4.38. The van der Waals surface area contributed by atoms with Gasteiger partial charge in [0.25, 0.3) is 0 Å². The Labute approximate surface area is 101 Å². The quantitative estimate of drug-likeness (QED) is 0.766. The lowest BCUT2D eigenvalue weighted by Gasteiger charge is -2.29. The van der Waals surface area contributed by atoms with Crippen LogP contribution in [0.15, 0.2) is 0 Å². The molecule has 0 radical (unpaired) electrons. The molecule has 5 nitrogen and oxygen atoms in total. The molecule has 1 fully saturated rings. The summed E-state index contributed by atoms with van der Waals surface area (Å²) in [6.07, 6.45) is 3.78. The predicted molar refractivity (Wildman–Crippen MR) is 63.8 cm³/mol. The summed E-state index contributed by atoms with van der Waals surface area (Å²) in [5.74, 6) is 2.69. The van der Waals surface area contributed by atoms with Crippen molar-refractivity contribution >= 4 is 0 Å². The highest BCUT2D eigenvalue weighted by atomic mass is 16.3. The van der Waals surface area contributed by atoms with E-state index < -0.39 is 0 Å². The van der Waals surface area contributed by atoms with E-state index in [1.165, 1.54) is 0 Å². The van der Waals surface area contributed by atoms with E-state index in [9.17, 15) is 5.11 Å². The lowest BCUT2D eigenvalue weighted by atomic mass is 9.96. The third-order valence-electron chi connectivity index (χ3n) is 4.03. The first kappa shape index (κ1) is 11.2. The first-order chi connectivity index (χ1) is 8.24. The molecule has 0 spiro atoms. The average Bonchev–Trinajstić information content (AvgIpc) is 2.73. The zero-order valence-corrected chi connectivity index (χ0v) is 10.3. The van der Waals surface area contributed by atoms with Crippen molar-refractivity contribution in [2.24, 2.45) is 0 Å². The Balaban J connectivity index is 1.81. The molecule has 0 saturated carbocycles. The van der Waals surface area contributed by atoms with E-state index >= 15 is 0 Å². The van der Waals surface area contributed by atoms with Crippen LogP contribution < -0.4 is 0 Å². The topological polar surface area (TPSA) is 54.2 Å². The number of aromatic nitrogens is 3. The molecular formula is C12H20N4O. The Hall–Kier alpha value is -0.940. The smallest absolute Gasteiger partial charge is 0.136 e. The number of aliphatic hydroxyl groups excluding tert-OH is 1. The highest BCUT2D eigenvalue weighted by Gasteiger charge is 2.27. The zero-order valence-electron chi connectivity index (χ0n) is 10.3. The van der Waals surface area contributed by atoms with Crippen LogP contribution in [0.3, 0.4) is 0 Å². The molecule has 1 atom stereocenters. The van der Waals surface area contributed by atoms with E-state index in [0.29, 0.717) is 12.5 Å². The Bertz CT molecular complexity index is 395. The maximum Gasteiger partial charge on any atom is 0.136 e. The van der Waals surface area contributed by atoms with Gasteiger partial charge < -0.3 is 14.6 Å². The van der Waals surface area contributed by atoms with E-state index in [0.717, 1.165) is 50.4 Å². The summed E-state index contributed by atoms with van der Waals surface area (Å²) < 4.78 is 2.16. The van der Waals surface area contributed by atoms with Crippen molar-refractivity contribution in [1.82, 2.24) is 19.7 Å². The number of likely N-dealkylation sites (tertiary alicyclic amines) is 1. The number of nitrogens with zero attached hydrogens (tertiary/aromatic N) is 4. The molecule has 0 amide bonds. The molecule has 3 rings (SSSR count). The molecule has 0 aromatic carbocycles. The molecular weight excluding hydrogens is 216 g/mol. The van der Waals surface area contributed by atoms with Gasteiger partial charge in [-0.15, -0.1) is 10.2 Å². The molecule has 1 N–H and O–H groups in total. The zero-order chi connectivity index (χ0) is 11.8. The van der Waals surface area contributed by atoms with Crippen LogP contribution in [0.1, 0.15) is 36.8 Å². The monoisotopic (exact) mass is 236 g/mol. The fourth-order valence-electron chi connectivity index (χ4n) is 2.90. The van der Waals surface area contributed by atoms with Crippen LogP contribution in [0.2, 0.25) is 0 Å². The van der Waals surface area contributed by atoms with Crippen LogP contribution in [0.5, 0.6) is 0 Å². The van der Waals surface area contributed by atoms with E-state index in [4.69, 9.17) is 0 Å². The van der Waals surface area contributed by atoms with Crippen molar-refractivity contribution in [3.8, 4) is 0 Å². The Morgan fingerprint density at radius 1 is 1.18 bits per heavy atom. The number of aryl methyl sites for hydroxylation is 1. The summed E-state index contributed by atoms with van der Waals surface area (Å²) in [6.45, 7) is 2.95. The summed E-state index contributed by atoms with van der Waals surface area (Å²) >= 11 is 0. The fraction of sp³-hybridized carbons (Fsp3) is 0.833. The number of rotatable bonds is 1. The van der Waals surface area contributed by atoms with Crippen molar-refractivity contribution in [3.63, 3.8) is 0 Å². The number of hydrogen-bond acceptors (Lipinski definition) is 4. The first-order valence-electron chi connectivity index (χ1n) is 6.52. The van der Waals surface area contributed by atoms with Gasteiger partial charge in [-0.1, -0.05) is 0 Å². The van der Waals surface area contributed by atoms with Crippen LogP contribution >= 0.6 is 0 Å². The molecule has 17 heavy (non-hydrogen) atoms. The normalized spacial score (nSPS) is 27.1. The molecule has 1 aromatic rings. The Morgan fingerprint density at radius 2 is 1.94 bits per heavy atom. The van der Waals surface area contributed by atoms with Crippen molar-refractivity contribution in [3.05, 3.63) is 11.6 Å². The van der Waals surface area contributed by atoms with Crippen molar-refractivity contribution in [2.45, 2.75) is 44.2 Å². The summed E-state index contributed by atoms with van der Waals surface area (Å²) in [5, 5.41) is 18.4. The van der Waals surface area contributed by atoms with Gasteiger partial charge in [-0.05, 0) is 39.4 Å². The van der Waals surface area contributed by atoms with E-state index in [1.54, 1.807) is 0 Å². The van der Waals surface area contributed by atoms with Gasteiger partial charge in [-0.3, -0.25) is 0 Å². The predicted octanol–water partition coefficient (Wildman–Crippen LogP) is 0.394. The molecule has 0 aliphatic carbocycles. The molecule has 1 aromatic heterocycles. The van der Waals surface area contributed by atoms with Gasteiger partial charge in [-0.25, -0.2) is 0 Å². The fourth-order valence-corrected chi connectivity index (χ4v) is 2.90. The summed E-state index contributed by atoms with van der Waals surface area (Å²) in [5.41, 5.74) is 0. The lowest BCUT2D eigenvalue weighted by molar-refractivity contribution is 0.127.